The summed E-state index contributed by atoms with van der Waals surface area (Å²) in [4.78, 5) is 70.5. The van der Waals surface area contributed by atoms with E-state index in [1.807, 2.05) is 0 Å². The van der Waals surface area contributed by atoms with E-state index in [0.29, 0.717) is 0 Å². The van der Waals surface area contributed by atoms with Crippen LogP contribution in [0.3, 0.4) is 0 Å². The van der Waals surface area contributed by atoms with Gasteiger partial charge in [0.15, 0.2) is 0 Å². The smallest absolute Gasteiger partial charge is 0.467 e. The molecule has 0 fully saturated rings. The van der Waals surface area contributed by atoms with Crippen LogP contribution in [0.1, 0.15) is 46.0 Å². The fourth-order valence-corrected chi connectivity index (χ4v) is 2.69. The molecule has 8 N–H and O–H groups in total. The standard InChI is InChI=1S/C20H33F3N6O7/c1-10(16(32)28-11(2)18(34)36-3)27-17(33)13(29-14(30)8-7-12(24)15(25)31)6-4-5-9-26-19(35)20(21,22)23/h10-13H,4-9,24H2,1-3H3,(H2,25,31)(H,26,35)(H,27,33)(H,28,32)(H,29,30)/t10-,11-,12+,13+/m1/s1. The van der Waals surface area contributed by atoms with Gasteiger partial charge in [0.25, 0.3) is 0 Å². The van der Waals surface area contributed by atoms with Crippen LogP contribution in [0.25, 0.3) is 0 Å². The molecule has 0 bridgehead atoms. The van der Waals surface area contributed by atoms with Crippen molar-refractivity contribution in [2.75, 3.05) is 13.7 Å². The zero-order valence-electron chi connectivity index (χ0n) is 20.2. The lowest BCUT2D eigenvalue weighted by molar-refractivity contribution is -0.173. The molecule has 5 amide bonds. The van der Waals surface area contributed by atoms with Crippen LogP contribution in [-0.2, 0) is 33.5 Å². The number of nitrogens with two attached hydrogens (primary N) is 2. The zero-order chi connectivity index (χ0) is 28.1. The Balaban J connectivity index is 5.05. The summed E-state index contributed by atoms with van der Waals surface area (Å²) >= 11 is 0. The van der Waals surface area contributed by atoms with Gasteiger partial charge < -0.3 is 37.5 Å². The van der Waals surface area contributed by atoms with Crippen molar-refractivity contribution in [3.05, 3.63) is 0 Å². The van der Waals surface area contributed by atoms with Gasteiger partial charge in [0.05, 0.1) is 13.2 Å². The number of alkyl halides is 3. The quantitative estimate of drug-likeness (QED) is 0.104. The zero-order valence-corrected chi connectivity index (χ0v) is 20.2. The van der Waals surface area contributed by atoms with Crippen LogP contribution in [0.15, 0.2) is 0 Å². The largest absolute Gasteiger partial charge is 0.471 e. The molecule has 0 aliphatic heterocycles. The first-order valence-corrected chi connectivity index (χ1v) is 11.0. The molecule has 0 heterocycles. The number of rotatable bonds is 15. The number of ether oxygens (including phenoxy) is 1. The molecule has 36 heavy (non-hydrogen) atoms. The number of unbranched alkanes of at least 4 members (excludes halogenated alkanes) is 1. The van der Waals surface area contributed by atoms with E-state index < -0.39 is 65.8 Å². The van der Waals surface area contributed by atoms with E-state index in [2.05, 4.69) is 20.7 Å². The second-order valence-corrected chi connectivity index (χ2v) is 7.90. The van der Waals surface area contributed by atoms with E-state index in [1.54, 1.807) is 5.32 Å². The number of methoxy groups -OCH3 is 1. The summed E-state index contributed by atoms with van der Waals surface area (Å²) < 4.78 is 41.2. The van der Waals surface area contributed by atoms with E-state index >= 15 is 0 Å². The maximum atomic E-state index is 12.7. The Kier molecular flexibility index (Phi) is 14.1. The van der Waals surface area contributed by atoms with Crippen LogP contribution in [0, 0.1) is 0 Å². The van der Waals surface area contributed by atoms with Gasteiger partial charge in [-0.25, -0.2) is 4.79 Å². The topological polar surface area (TPSA) is 212 Å². The third-order valence-corrected chi connectivity index (χ3v) is 4.83. The summed E-state index contributed by atoms with van der Waals surface area (Å²) in [6.45, 7) is 2.38. The average molecular weight is 527 g/mol. The van der Waals surface area contributed by atoms with Gasteiger partial charge in [0.1, 0.15) is 18.1 Å². The number of amides is 5. The Morgan fingerprint density at radius 2 is 1.47 bits per heavy atom. The second-order valence-electron chi connectivity index (χ2n) is 7.90. The number of carbonyl (C=O) groups is 6. The minimum Gasteiger partial charge on any atom is -0.467 e. The highest BCUT2D eigenvalue weighted by atomic mass is 19.4. The van der Waals surface area contributed by atoms with E-state index in [9.17, 15) is 41.9 Å². The molecular formula is C20H33F3N6O7. The Morgan fingerprint density at radius 3 is 2.00 bits per heavy atom. The molecule has 0 rings (SSSR count). The van der Waals surface area contributed by atoms with Crippen molar-refractivity contribution in [3.8, 4) is 0 Å². The van der Waals surface area contributed by atoms with Crippen molar-refractivity contribution in [3.63, 3.8) is 0 Å². The molecule has 0 aliphatic carbocycles. The van der Waals surface area contributed by atoms with Gasteiger partial charge in [-0.2, -0.15) is 13.2 Å². The molecule has 0 radical (unpaired) electrons. The fourth-order valence-electron chi connectivity index (χ4n) is 2.69. The Morgan fingerprint density at radius 1 is 0.889 bits per heavy atom. The normalized spacial score (nSPS) is 14.4. The number of hydrogen-bond acceptors (Lipinski definition) is 8. The first-order chi connectivity index (χ1) is 16.6. The SMILES string of the molecule is COC(=O)[C@@H](C)NC(=O)[C@@H](C)NC(=O)[C@H](CCCCNC(=O)C(F)(F)F)NC(=O)CC[C@H](N)C(N)=O. The Bertz CT molecular complexity index is 809. The maximum absolute atomic E-state index is 12.7. The summed E-state index contributed by atoms with van der Waals surface area (Å²) in [6.07, 6.45) is -5.23. The van der Waals surface area contributed by atoms with Crippen molar-refractivity contribution in [2.24, 2.45) is 11.5 Å². The highest BCUT2D eigenvalue weighted by Crippen LogP contribution is 2.14. The van der Waals surface area contributed by atoms with Crippen LogP contribution >= 0.6 is 0 Å². The van der Waals surface area contributed by atoms with Gasteiger partial charge in [-0.1, -0.05) is 0 Å². The number of halogens is 3. The van der Waals surface area contributed by atoms with E-state index in [-0.39, 0.29) is 38.6 Å². The molecule has 0 aromatic rings. The molecule has 0 spiro atoms. The number of primary amides is 1. The lowest BCUT2D eigenvalue weighted by Crippen LogP contribution is -2.54. The molecular weight excluding hydrogens is 493 g/mol. The number of hydrogen-bond donors (Lipinski definition) is 6. The fraction of sp³-hybridized carbons (Fsp3) is 0.700. The first-order valence-electron chi connectivity index (χ1n) is 11.0. The molecule has 0 saturated carbocycles. The minimum atomic E-state index is -5.02. The summed E-state index contributed by atoms with van der Waals surface area (Å²) in [5.41, 5.74) is 10.5. The van der Waals surface area contributed by atoms with Crippen molar-refractivity contribution < 1.29 is 46.7 Å². The van der Waals surface area contributed by atoms with Crippen molar-refractivity contribution in [2.45, 2.75) is 76.3 Å². The summed E-state index contributed by atoms with van der Waals surface area (Å²) in [6, 6.07) is -4.40. The molecule has 13 nitrogen and oxygen atoms in total. The van der Waals surface area contributed by atoms with Gasteiger partial charge in [0.2, 0.25) is 23.6 Å². The van der Waals surface area contributed by atoms with E-state index in [0.717, 1.165) is 7.11 Å². The molecule has 0 aliphatic rings. The van der Waals surface area contributed by atoms with Gasteiger partial charge >= 0.3 is 18.1 Å². The Labute approximate surface area is 205 Å². The predicted molar refractivity (Wildman–Crippen MR) is 118 cm³/mol. The lowest BCUT2D eigenvalue weighted by atomic mass is 10.1. The lowest BCUT2D eigenvalue weighted by Gasteiger charge is -2.22. The van der Waals surface area contributed by atoms with Crippen LogP contribution in [0.4, 0.5) is 13.2 Å². The maximum Gasteiger partial charge on any atom is 0.471 e. The predicted octanol–water partition coefficient (Wildman–Crippen LogP) is -1.90. The minimum absolute atomic E-state index is 0.0474. The van der Waals surface area contributed by atoms with Crippen molar-refractivity contribution in [1.29, 1.82) is 0 Å². The second kappa shape index (κ2) is 15.5. The van der Waals surface area contributed by atoms with Crippen LogP contribution in [-0.4, -0.2) is 79.5 Å². The highest BCUT2D eigenvalue weighted by Gasteiger charge is 2.38. The Hall–Kier alpha value is -3.43. The average Bonchev–Trinajstić information content (AvgIpc) is 2.79. The highest BCUT2D eigenvalue weighted by molar-refractivity contribution is 5.93. The molecule has 4 atom stereocenters. The molecule has 0 aromatic heterocycles. The summed E-state index contributed by atoms with van der Waals surface area (Å²) in [5, 5.41) is 8.81. The third-order valence-electron chi connectivity index (χ3n) is 4.83. The number of nitrogens with one attached hydrogen (secondary N) is 4. The van der Waals surface area contributed by atoms with Crippen molar-refractivity contribution in [1.82, 2.24) is 21.3 Å². The molecule has 0 aromatic carbocycles. The van der Waals surface area contributed by atoms with Crippen LogP contribution in [0.5, 0.6) is 0 Å². The van der Waals surface area contributed by atoms with Crippen LogP contribution in [0.2, 0.25) is 0 Å². The van der Waals surface area contributed by atoms with Crippen molar-refractivity contribution >= 4 is 35.5 Å². The molecule has 0 saturated heterocycles. The summed E-state index contributed by atoms with van der Waals surface area (Å²) in [7, 11) is 1.13. The summed E-state index contributed by atoms with van der Waals surface area (Å²) in [5.74, 6) is -5.78. The molecule has 16 heteroatoms. The third kappa shape index (κ3) is 12.9. The first kappa shape index (κ1) is 32.6. The number of esters is 1. The van der Waals surface area contributed by atoms with E-state index in [1.165, 1.54) is 13.8 Å². The van der Waals surface area contributed by atoms with Gasteiger partial charge in [-0.15, -0.1) is 0 Å². The van der Waals surface area contributed by atoms with Gasteiger partial charge in [-0.3, -0.25) is 24.0 Å². The van der Waals surface area contributed by atoms with Gasteiger partial charge in [0, 0.05) is 13.0 Å². The van der Waals surface area contributed by atoms with E-state index in [4.69, 9.17) is 11.5 Å². The van der Waals surface area contributed by atoms with Gasteiger partial charge in [-0.05, 0) is 39.5 Å². The number of carbonyl (C=O) groups excluding carboxylic acids is 6. The monoisotopic (exact) mass is 526 g/mol. The van der Waals surface area contributed by atoms with Crippen LogP contribution < -0.4 is 32.7 Å². The molecule has 206 valence electrons. The molecule has 0 unspecified atom stereocenters.